The molecule has 1 aliphatic rings. The number of thiophene rings is 1. The highest BCUT2D eigenvalue weighted by molar-refractivity contribution is 7.25. The number of anilines is 2. The summed E-state index contributed by atoms with van der Waals surface area (Å²) in [5, 5.41) is 10.2. The Morgan fingerprint density at radius 3 is 2.30 bits per heavy atom. The van der Waals surface area contributed by atoms with Crippen LogP contribution in [0.25, 0.3) is 63.6 Å². The number of hydrogen-bond acceptors (Lipinski definition) is 3. The van der Waals surface area contributed by atoms with Gasteiger partial charge in [0.2, 0.25) is 0 Å². The van der Waals surface area contributed by atoms with Crippen LogP contribution in [-0.4, -0.2) is 4.98 Å². The highest BCUT2D eigenvalue weighted by Gasteiger charge is 2.20. The summed E-state index contributed by atoms with van der Waals surface area (Å²) in [5.74, 6) is 0. The van der Waals surface area contributed by atoms with Crippen LogP contribution in [0, 0.1) is 0 Å². The second-order valence-electron chi connectivity index (χ2n) is 11.5. The molecule has 2 nitrogen and oxygen atoms in total. The molecule has 0 aliphatic heterocycles. The standard InChI is InChI=1S/C41H28N2S/c1-2-10-30(11-3-1)43(37-15-8-16-39-41(37)36-26-42-24-23-38(36)44-39)31-21-19-28(20-22-31)35-25-29-18-17-27-9-4-5-12-32(27)40(29)34-14-7-6-13-33(34)35/h2,4-26H,1,3H2. The normalized spacial score (nSPS) is 13.3. The highest BCUT2D eigenvalue weighted by atomic mass is 32.1. The van der Waals surface area contributed by atoms with Crippen molar-refractivity contribution in [1.29, 1.82) is 0 Å². The van der Waals surface area contributed by atoms with Crippen LogP contribution in [0.2, 0.25) is 0 Å². The second-order valence-corrected chi connectivity index (χ2v) is 12.6. The van der Waals surface area contributed by atoms with Gasteiger partial charge in [-0.1, -0.05) is 91.0 Å². The van der Waals surface area contributed by atoms with Gasteiger partial charge in [-0.15, -0.1) is 11.3 Å². The topological polar surface area (TPSA) is 16.1 Å². The SMILES string of the molecule is C1=CC(N(c2ccc(-c3cc4ccc5ccccc5c4c4ccccc34)cc2)c2cccc3sc4ccncc4c23)=CCC1. The van der Waals surface area contributed by atoms with E-state index < -0.39 is 0 Å². The lowest BCUT2D eigenvalue weighted by Gasteiger charge is -2.28. The van der Waals surface area contributed by atoms with Crippen LogP contribution in [0.1, 0.15) is 12.8 Å². The van der Waals surface area contributed by atoms with Gasteiger partial charge in [0.15, 0.2) is 0 Å². The Kier molecular flexibility index (Phi) is 5.85. The summed E-state index contributed by atoms with van der Waals surface area (Å²) >= 11 is 1.83. The van der Waals surface area contributed by atoms with Crippen molar-refractivity contribution >= 4 is 75.2 Å². The van der Waals surface area contributed by atoms with Gasteiger partial charge in [-0.25, -0.2) is 0 Å². The average molecular weight is 581 g/mol. The fourth-order valence-electron chi connectivity index (χ4n) is 6.94. The molecule has 0 amide bonds. The van der Waals surface area contributed by atoms with E-state index in [0.29, 0.717) is 0 Å². The summed E-state index contributed by atoms with van der Waals surface area (Å²) in [4.78, 5) is 6.91. The highest BCUT2D eigenvalue weighted by Crippen LogP contribution is 2.44. The summed E-state index contributed by atoms with van der Waals surface area (Å²) in [6.45, 7) is 0. The maximum Gasteiger partial charge on any atom is 0.0555 e. The molecule has 2 aromatic heterocycles. The number of allylic oxidation sites excluding steroid dienone is 3. The van der Waals surface area contributed by atoms with Crippen LogP contribution >= 0.6 is 11.3 Å². The summed E-state index contributed by atoms with van der Waals surface area (Å²) in [7, 11) is 0. The number of hydrogen-bond donors (Lipinski definition) is 0. The average Bonchev–Trinajstić information content (AvgIpc) is 3.48. The van der Waals surface area contributed by atoms with E-state index in [2.05, 4.69) is 143 Å². The molecule has 9 rings (SSSR count). The third-order valence-electron chi connectivity index (χ3n) is 8.93. The summed E-state index contributed by atoms with van der Waals surface area (Å²) in [5.41, 5.74) is 6.03. The van der Waals surface area contributed by atoms with E-state index in [9.17, 15) is 0 Å². The van der Waals surface area contributed by atoms with Crippen LogP contribution in [0.3, 0.4) is 0 Å². The predicted octanol–water partition coefficient (Wildman–Crippen LogP) is 11.9. The molecule has 0 bridgehead atoms. The van der Waals surface area contributed by atoms with Crippen molar-refractivity contribution in [2.75, 3.05) is 4.90 Å². The Morgan fingerprint density at radius 2 is 1.43 bits per heavy atom. The minimum Gasteiger partial charge on any atom is -0.310 e. The molecule has 0 atom stereocenters. The van der Waals surface area contributed by atoms with Crippen molar-refractivity contribution in [3.05, 3.63) is 152 Å². The van der Waals surface area contributed by atoms with Crippen LogP contribution < -0.4 is 4.90 Å². The van der Waals surface area contributed by atoms with Gasteiger partial charge < -0.3 is 4.90 Å². The van der Waals surface area contributed by atoms with Gasteiger partial charge in [0.05, 0.1) is 5.69 Å². The number of nitrogens with zero attached hydrogens (tertiary/aromatic N) is 2. The monoisotopic (exact) mass is 580 g/mol. The molecular weight excluding hydrogens is 553 g/mol. The zero-order chi connectivity index (χ0) is 29.0. The summed E-state index contributed by atoms with van der Waals surface area (Å²) in [6, 6.07) is 42.4. The van der Waals surface area contributed by atoms with Gasteiger partial charge in [0, 0.05) is 44.0 Å². The van der Waals surface area contributed by atoms with E-state index in [0.717, 1.165) is 18.5 Å². The maximum atomic E-state index is 4.49. The molecule has 0 saturated heterocycles. The van der Waals surface area contributed by atoms with E-state index in [1.54, 1.807) is 0 Å². The van der Waals surface area contributed by atoms with Gasteiger partial charge in [-0.3, -0.25) is 4.98 Å². The third kappa shape index (κ3) is 3.97. The molecule has 0 N–H and O–H groups in total. The van der Waals surface area contributed by atoms with E-state index >= 15 is 0 Å². The van der Waals surface area contributed by atoms with Crippen molar-refractivity contribution in [2.45, 2.75) is 12.8 Å². The van der Waals surface area contributed by atoms with Crippen molar-refractivity contribution in [3.8, 4) is 11.1 Å². The quantitative estimate of drug-likeness (QED) is 0.193. The smallest absolute Gasteiger partial charge is 0.0555 e. The largest absolute Gasteiger partial charge is 0.310 e. The molecular formula is C41H28N2S. The zero-order valence-electron chi connectivity index (χ0n) is 24.1. The van der Waals surface area contributed by atoms with E-state index in [1.807, 2.05) is 23.7 Å². The van der Waals surface area contributed by atoms with E-state index in [-0.39, 0.29) is 0 Å². The second kappa shape index (κ2) is 10.2. The maximum absolute atomic E-state index is 4.49. The van der Waals surface area contributed by atoms with Crippen molar-refractivity contribution < 1.29 is 0 Å². The Morgan fingerprint density at radius 1 is 0.614 bits per heavy atom. The van der Waals surface area contributed by atoms with E-state index in [1.165, 1.54) is 75.0 Å². The van der Waals surface area contributed by atoms with Crippen LogP contribution in [-0.2, 0) is 0 Å². The first-order valence-electron chi connectivity index (χ1n) is 15.2. The van der Waals surface area contributed by atoms with Gasteiger partial charge >= 0.3 is 0 Å². The predicted molar refractivity (Wildman–Crippen MR) is 190 cm³/mol. The molecule has 6 aromatic carbocycles. The summed E-state index contributed by atoms with van der Waals surface area (Å²) in [6.07, 6.45) is 12.9. The Labute approximate surface area is 259 Å². The van der Waals surface area contributed by atoms with Gasteiger partial charge in [-0.05, 0) is 98.8 Å². The summed E-state index contributed by atoms with van der Waals surface area (Å²) < 4.78 is 2.55. The number of pyridine rings is 1. The molecule has 44 heavy (non-hydrogen) atoms. The molecule has 2 heterocycles. The third-order valence-corrected chi connectivity index (χ3v) is 10.1. The Bertz CT molecular complexity index is 2450. The van der Waals surface area contributed by atoms with Crippen molar-refractivity contribution in [2.24, 2.45) is 0 Å². The lowest BCUT2D eigenvalue weighted by atomic mass is 9.90. The molecule has 8 aromatic rings. The number of benzene rings is 6. The molecule has 0 fully saturated rings. The Balaban J connectivity index is 1.23. The van der Waals surface area contributed by atoms with Gasteiger partial charge in [-0.2, -0.15) is 0 Å². The molecule has 208 valence electrons. The first-order chi connectivity index (χ1) is 21.8. The van der Waals surface area contributed by atoms with Gasteiger partial charge in [0.1, 0.15) is 0 Å². The molecule has 0 saturated carbocycles. The number of aromatic nitrogens is 1. The fraction of sp³-hybridized carbons (Fsp3) is 0.0488. The fourth-order valence-corrected chi connectivity index (χ4v) is 8.03. The van der Waals surface area contributed by atoms with Crippen LogP contribution in [0.5, 0.6) is 0 Å². The minimum atomic E-state index is 1.04. The molecule has 0 radical (unpaired) electrons. The molecule has 0 spiro atoms. The van der Waals surface area contributed by atoms with Crippen LogP contribution in [0.4, 0.5) is 11.4 Å². The van der Waals surface area contributed by atoms with Crippen molar-refractivity contribution in [1.82, 2.24) is 4.98 Å². The van der Waals surface area contributed by atoms with E-state index in [4.69, 9.17) is 0 Å². The molecule has 0 unspecified atom stereocenters. The first kappa shape index (κ1) is 25.3. The lowest BCUT2D eigenvalue weighted by molar-refractivity contribution is 0.998. The zero-order valence-corrected chi connectivity index (χ0v) is 24.9. The Hall–Kier alpha value is -5.25. The van der Waals surface area contributed by atoms with Crippen molar-refractivity contribution in [3.63, 3.8) is 0 Å². The van der Waals surface area contributed by atoms with Crippen LogP contribution in [0.15, 0.2) is 152 Å². The number of fused-ring (bicyclic) bond motifs is 8. The molecule has 3 heteroatoms. The molecule has 1 aliphatic carbocycles. The van der Waals surface area contributed by atoms with Gasteiger partial charge in [0.25, 0.3) is 0 Å². The first-order valence-corrected chi connectivity index (χ1v) is 16.0. The number of rotatable bonds is 4. The minimum absolute atomic E-state index is 1.04. The lowest BCUT2D eigenvalue weighted by Crippen LogP contribution is -2.16.